The molecule has 35 heavy (non-hydrogen) atoms. The summed E-state index contributed by atoms with van der Waals surface area (Å²) in [5, 5.41) is 0. The van der Waals surface area contributed by atoms with E-state index in [-0.39, 0.29) is 0 Å². The highest BCUT2D eigenvalue weighted by Crippen LogP contribution is 2.38. The molecule has 0 aliphatic carbocycles. The first-order chi connectivity index (χ1) is 17.3. The van der Waals surface area contributed by atoms with Gasteiger partial charge in [0.1, 0.15) is 11.5 Å². The molecule has 1 aliphatic heterocycles. The molecule has 6 rings (SSSR count). The smallest absolute Gasteiger partial charge is 0.135 e. The van der Waals surface area contributed by atoms with Gasteiger partial charge in [-0.05, 0) is 41.5 Å². The lowest BCUT2D eigenvalue weighted by atomic mass is 9.96. The van der Waals surface area contributed by atoms with Crippen LogP contribution >= 0.6 is 0 Å². The molecule has 0 unspecified atom stereocenters. The fourth-order valence-corrected chi connectivity index (χ4v) is 4.35. The van der Waals surface area contributed by atoms with E-state index in [1.807, 2.05) is 66.7 Å². The standard InChI is InChI=1S/C33H23NO/c1-4-12-25(13-5-1)30-21-24(22-31(34-30)26-14-6-2-7-15-26)20-28-23-33(27-16-8-3-9-17-27)35-32-19-11-10-18-29(28)32/h1-23H/b28-20-. The van der Waals surface area contributed by atoms with Crippen molar-refractivity contribution in [1.82, 2.24) is 4.98 Å². The number of ether oxygens (including phenoxy) is 1. The maximum atomic E-state index is 6.28. The fourth-order valence-electron chi connectivity index (χ4n) is 4.35. The van der Waals surface area contributed by atoms with Crippen molar-refractivity contribution in [2.45, 2.75) is 0 Å². The monoisotopic (exact) mass is 449 g/mol. The number of fused-ring (bicyclic) bond motifs is 1. The zero-order valence-corrected chi connectivity index (χ0v) is 19.1. The molecule has 166 valence electrons. The van der Waals surface area contributed by atoms with Gasteiger partial charge in [0.05, 0.1) is 11.4 Å². The number of aromatic nitrogens is 1. The van der Waals surface area contributed by atoms with Gasteiger partial charge >= 0.3 is 0 Å². The Labute approximate surface area is 205 Å². The van der Waals surface area contributed by atoms with Gasteiger partial charge in [0, 0.05) is 22.3 Å². The molecule has 0 atom stereocenters. The van der Waals surface area contributed by atoms with E-state index in [0.29, 0.717) is 0 Å². The van der Waals surface area contributed by atoms with Crippen LogP contribution in [0.3, 0.4) is 0 Å². The fraction of sp³-hybridized carbons (Fsp3) is 0. The number of nitrogens with zero attached hydrogens (tertiary/aromatic N) is 1. The molecule has 0 radical (unpaired) electrons. The number of hydrogen-bond donors (Lipinski definition) is 0. The zero-order chi connectivity index (χ0) is 23.5. The summed E-state index contributed by atoms with van der Waals surface area (Å²) in [4.78, 5) is 5.00. The molecular formula is C33H23NO. The van der Waals surface area contributed by atoms with Gasteiger partial charge in [-0.15, -0.1) is 0 Å². The average molecular weight is 450 g/mol. The van der Waals surface area contributed by atoms with Gasteiger partial charge in [0.15, 0.2) is 0 Å². The van der Waals surface area contributed by atoms with E-state index in [1.54, 1.807) is 0 Å². The Morgan fingerprint density at radius 2 is 1.06 bits per heavy atom. The van der Waals surface area contributed by atoms with Crippen molar-refractivity contribution in [3.05, 3.63) is 150 Å². The van der Waals surface area contributed by atoms with Gasteiger partial charge in [-0.1, -0.05) is 109 Å². The molecule has 0 fully saturated rings. The van der Waals surface area contributed by atoms with E-state index < -0.39 is 0 Å². The Morgan fingerprint density at radius 1 is 0.543 bits per heavy atom. The first-order valence-electron chi connectivity index (χ1n) is 11.7. The summed E-state index contributed by atoms with van der Waals surface area (Å²) in [5.41, 5.74) is 8.42. The van der Waals surface area contributed by atoms with Crippen LogP contribution in [-0.4, -0.2) is 4.98 Å². The number of allylic oxidation sites excluding steroid dienone is 2. The minimum atomic E-state index is 0.844. The van der Waals surface area contributed by atoms with Crippen LogP contribution < -0.4 is 4.74 Å². The lowest BCUT2D eigenvalue weighted by Crippen LogP contribution is -2.03. The summed E-state index contributed by atoms with van der Waals surface area (Å²) in [6.07, 6.45) is 4.35. The summed E-state index contributed by atoms with van der Waals surface area (Å²) in [7, 11) is 0. The Morgan fingerprint density at radius 3 is 1.66 bits per heavy atom. The topological polar surface area (TPSA) is 22.1 Å². The van der Waals surface area contributed by atoms with Crippen molar-refractivity contribution in [2.75, 3.05) is 0 Å². The third-order valence-electron chi connectivity index (χ3n) is 6.07. The van der Waals surface area contributed by atoms with Crippen LogP contribution in [0.25, 0.3) is 39.9 Å². The predicted octanol–water partition coefficient (Wildman–Crippen LogP) is 8.39. The van der Waals surface area contributed by atoms with Crippen molar-refractivity contribution >= 4 is 17.4 Å². The first-order valence-corrected chi connectivity index (χ1v) is 11.7. The van der Waals surface area contributed by atoms with E-state index in [9.17, 15) is 0 Å². The second-order valence-electron chi connectivity index (χ2n) is 8.48. The van der Waals surface area contributed by atoms with Crippen molar-refractivity contribution in [3.8, 4) is 28.3 Å². The molecule has 0 saturated carbocycles. The second-order valence-corrected chi connectivity index (χ2v) is 8.48. The SMILES string of the molecule is C1=C(c2ccccc2)Oc2ccccc2/C1=C\c1cc(-c2ccccc2)nc(-c2ccccc2)c1. The maximum absolute atomic E-state index is 6.28. The maximum Gasteiger partial charge on any atom is 0.135 e. The minimum absolute atomic E-state index is 0.844. The Hall–Kier alpha value is -4.69. The molecule has 2 heteroatoms. The quantitative estimate of drug-likeness (QED) is 0.275. The van der Waals surface area contributed by atoms with Gasteiger partial charge in [-0.2, -0.15) is 0 Å². The third kappa shape index (κ3) is 4.42. The normalized spacial score (nSPS) is 13.6. The molecule has 0 saturated heterocycles. The second kappa shape index (κ2) is 9.28. The van der Waals surface area contributed by atoms with Gasteiger partial charge < -0.3 is 4.74 Å². The lowest BCUT2D eigenvalue weighted by Gasteiger charge is -2.20. The molecule has 0 amide bonds. The highest BCUT2D eigenvalue weighted by atomic mass is 16.5. The number of benzene rings is 4. The Kier molecular flexibility index (Phi) is 5.54. The average Bonchev–Trinajstić information content (AvgIpc) is 2.94. The van der Waals surface area contributed by atoms with E-state index in [0.717, 1.165) is 56.3 Å². The van der Waals surface area contributed by atoms with Gasteiger partial charge in [0.2, 0.25) is 0 Å². The van der Waals surface area contributed by atoms with Crippen molar-refractivity contribution in [2.24, 2.45) is 0 Å². The Balaban J connectivity index is 1.53. The van der Waals surface area contributed by atoms with Gasteiger partial charge in [0.25, 0.3) is 0 Å². The third-order valence-corrected chi connectivity index (χ3v) is 6.07. The summed E-state index contributed by atoms with van der Waals surface area (Å²) in [5.74, 6) is 1.71. The highest BCUT2D eigenvalue weighted by molar-refractivity contribution is 5.96. The molecule has 2 nitrogen and oxygen atoms in total. The van der Waals surface area contributed by atoms with Crippen LogP contribution in [-0.2, 0) is 0 Å². The number of rotatable bonds is 4. The molecule has 0 N–H and O–H groups in total. The zero-order valence-electron chi connectivity index (χ0n) is 19.1. The van der Waals surface area contributed by atoms with E-state index in [2.05, 4.69) is 72.8 Å². The molecular weight excluding hydrogens is 426 g/mol. The Bertz CT molecular complexity index is 1480. The van der Waals surface area contributed by atoms with E-state index in [1.165, 1.54) is 0 Å². The van der Waals surface area contributed by atoms with Crippen LogP contribution in [0.1, 0.15) is 16.7 Å². The number of pyridine rings is 1. The highest BCUT2D eigenvalue weighted by Gasteiger charge is 2.18. The summed E-state index contributed by atoms with van der Waals surface area (Å²) >= 11 is 0. The molecule has 1 aliphatic rings. The van der Waals surface area contributed by atoms with Crippen molar-refractivity contribution in [1.29, 1.82) is 0 Å². The molecule has 1 aromatic heterocycles. The van der Waals surface area contributed by atoms with E-state index >= 15 is 0 Å². The molecule has 0 spiro atoms. The van der Waals surface area contributed by atoms with E-state index in [4.69, 9.17) is 9.72 Å². The molecule has 0 bridgehead atoms. The minimum Gasteiger partial charge on any atom is -0.456 e. The van der Waals surface area contributed by atoms with Crippen LogP contribution in [0.5, 0.6) is 5.75 Å². The van der Waals surface area contributed by atoms with Crippen LogP contribution in [0.2, 0.25) is 0 Å². The van der Waals surface area contributed by atoms with Crippen LogP contribution in [0.15, 0.2) is 133 Å². The van der Waals surface area contributed by atoms with Crippen molar-refractivity contribution < 1.29 is 4.74 Å². The summed E-state index contributed by atoms with van der Waals surface area (Å²) in [6, 6.07) is 43.4. The first kappa shape index (κ1) is 20.9. The van der Waals surface area contributed by atoms with Crippen LogP contribution in [0.4, 0.5) is 0 Å². The summed E-state index contributed by atoms with van der Waals surface area (Å²) in [6.45, 7) is 0. The predicted molar refractivity (Wildman–Crippen MR) is 144 cm³/mol. The molecule has 2 heterocycles. The van der Waals surface area contributed by atoms with Gasteiger partial charge in [-0.25, -0.2) is 4.98 Å². The van der Waals surface area contributed by atoms with Crippen molar-refractivity contribution in [3.63, 3.8) is 0 Å². The van der Waals surface area contributed by atoms with Gasteiger partial charge in [-0.3, -0.25) is 0 Å². The largest absolute Gasteiger partial charge is 0.456 e. The van der Waals surface area contributed by atoms with Crippen LogP contribution in [0, 0.1) is 0 Å². The number of para-hydroxylation sites is 1. The molecule has 5 aromatic rings. The number of hydrogen-bond acceptors (Lipinski definition) is 2. The molecule has 4 aromatic carbocycles. The lowest BCUT2D eigenvalue weighted by molar-refractivity contribution is 0.509. The summed E-state index contributed by atoms with van der Waals surface area (Å²) < 4.78 is 6.28.